The summed E-state index contributed by atoms with van der Waals surface area (Å²) in [6, 6.07) is 16.1. The Morgan fingerprint density at radius 2 is 1.79 bits per heavy atom. The van der Waals surface area contributed by atoms with Crippen LogP contribution in [0, 0.1) is 11.8 Å². The molecular weight excluding hydrogens is 552 g/mol. The van der Waals surface area contributed by atoms with E-state index in [4.69, 9.17) is 18.9 Å². The number of esters is 3. The Kier molecular flexibility index (Phi) is 10.3. The van der Waals surface area contributed by atoms with Crippen molar-refractivity contribution in [3.05, 3.63) is 81.8 Å². The van der Waals surface area contributed by atoms with Gasteiger partial charge >= 0.3 is 17.9 Å². The second-order valence-electron chi connectivity index (χ2n) is 10.1. The molecule has 0 spiro atoms. The van der Waals surface area contributed by atoms with Gasteiger partial charge in [0.2, 0.25) is 0 Å². The van der Waals surface area contributed by atoms with Crippen LogP contribution in [0.2, 0.25) is 0 Å². The standard InChI is InChI=1S/C30H35BrO7/c1-19(15-16-36-28(33)23-11-13-24(31)14-12-23)17-20(2)18-30(4)26(21(3)27(32)38-30)37-29(34)25(35-5)22-9-7-6-8-10-22/h6-15,20-21,25-26H,16-18H2,1-5H3/b19-15+/t20?,21-,25?,26+,30+/m1/s1. The summed E-state index contributed by atoms with van der Waals surface area (Å²) >= 11 is 3.35. The minimum absolute atomic E-state index is 0.102. The molecular formula is C30H35BrO7. The molecule has 2 aromatic rings. The SMILES string of the molecule is COC(C(=O)O[C@H]1[C@@H](C)C(=O)O[C@@]1(C)CC(C)C/C(C)=C/COC(=O)c1ccc(Br)cc1)c1ccccc1. The van der Waals surface area contributed by atoms with Crippen LogP contribution < -0.4 is 0 Å². The first-order valence-corrected chi connectivity index (χ1v) is 13.4. The van der Waals surface area contributed by atoms with Crippen LogP contribution in [0.5, 0.6) is 0 Å². The van der Waals surface area contributed by atoms with Gasteiger partial charge in [0.15, 0.2) is 12.2 Å². The Bertz CT molecular complexity index is 1140. The van der Waals surface area contributed by atoms with Crippen molar-refractivity contribution in [2.24, 2.45) is 11.8 Å². The third kappa shape index (κ3) is 7.54. The summed E-state index contributed by atoms with van der Waals surface area (Å²) in [5.41, 5.74) is 1.23. The molecule has 3 rings (SSSR count). The zero-order valence-corrected chi connectivity index (χ0v) is 24.0. The van der Waals surface area contributed by atoms with Crippen molar-refractivity contribution in [2.45, 2.75) is 58.3 Å². The number of carbonyl (C=O) groups is 3. The highest BCUT2D eigenvalue weighted by Gasteiger charge is 2.54. The first kappa shape index (κ1) is 29.6. The van der Waals surface area contributed by atoms with Crippen LogP contribution >= 0.6 is 15.9 Å². The number of rotatable bonds is 11. The van der Waals surface area contributed by atoms with Crippen molar-refractivity contribution in [1.29, 1.82) is 0 Å². The van der Waals surface area contributed by atoms with E-state index < -0.39 is 35.7 Å². The maximum Gasteiger partial charge on any atom is 0.340 e. The van der Waals surface area contributed by atoms with Crippen LogP contribution in [0.3, 0.4) is 0 Å². The normalized spacial score (nSPS) is 22.9. The molecule has 7 nitrogen and oxygen atoms in total. The Hall–Kier alpha value is -2.97. The van der Waals surface area contributed by atoms with E-state index in [0.717, 1.165) is 10.0 Å². The van der Waals surface area contributed by atoms with E-state index in [0.29, 0.717) is 24.0 Å². The van der Waals surface area contributed by atoms with Gasteiger partial charge in [-0.3, -0.25) is 4.79 Å². The van der Waals surface area contributed by atoms with Gasteiger partial charge in [-0.15, -0.1) is 0 Å². The van der Waals surface area contributed by atoms with E-state index in [1.54, 1.807) is 43.3 Å². The van der Waals surface area contributed by atoms with Gasteiger partial charge in [0.1, 0.15) is 12.2 Å². The van der Waals surface area contributed by atoms with Gasteiger partial charge in [-0.1, -0.05) is 58.8 Å². The van der Waals surface area contributed by atoms with Gasteiger partial charge in [0.25, 0.3) is 0 Å². The molecule has 1 aliphatic rings. The van der Waals surface area contributed by atoms with Crippen molar-refractivity contribution in [2.75, 3.05) is 13.7 Å². The molecule has 1 aliphatic heterocycles. The summed E-state index contributed by atoms with van der Waals surface area (Å²) in [4.78, 5) is 37.8. The van der Waals surface area contributed by atoms with Gasteiger partial charge in [0, 0.05) is 11.6 Å². The fraction of sp³-hybridized carbons (Fsp3) is 0.433. The molecule has 0 N–H and O–H groups in total. The molecule has 0 amide bonds. The zero-order valence-electron chi connectivity index (χ0n) is 22.4. The predicted octanol–water partition coefficient (Wildman–Crippen LogP) is 6.22. The summed E-state index contributed by atoms with van der Waals surface area (Å²) < 4.78 is 23.3. The second kappa shape index (κ2) is 13.2. The number of hydrogen-bond donors (Lipinski definition) is 0. The molecule has 0 bridgehead atoms. The third-order valence-electron chi connectivity index (χ3n) is 6.71. The summed E-state index contributed by atoms with van der Waals surface area (Å²) in [5.74, 6) is -1.83. The smallest absolute Gasteiger partial charge is 0.340 e. The van der Waals surface area contributed by atoms with E-state index in [1.165, 1.54) is 7.11 Å². The first-order valence-electron chi connectivity index (χ1n) is 12.6. The lowest BCUT2D eigenvalue weighted by molar-refractivity contribution is -0.174. The average Bonchev–Trinajstić information content (AvgIpc) is 3.07. The predicted molar refractivity (Wildman–Crippen MR) is 146 cm³/mol. The lowest BCUT2D eigenvalue weighted by atomic mass is 9.83. The van der Waals surface area contributed by atoms with Crippen LogP contribution in [0.4, 0.5) is 0 Å². The molecule has 2 unspecified atom stereocenters. The maximum atomic E-state index is 13.1. The van der Waals surface area contributed by atoms with Gasteiger partial charge < -0.3 is 18.9 Å². The van der Waals surface area contributed by atoms with Crippen molar-refractivity contribution < 1.29 is 33.3 Å². The molecule has 38 heavy (non-hydrogen) atoms. The van der Waals surface area contributed by atoms with Crippen LogP contribution in [0.25, 0.3) is 0 Å². The van der Waals surface area contributed by atoms with Crippen molar-refractivity contribution >= 4 is 33.8 Å². The largest absolute Gasteiger partial charge is 0.458 e. The van der Waals surface area contributed by atoms with Gasteiger partial charge in [-0.25, -0.2) is 9.59 Å². The third-order valence-corrected chi connectivity index (χ3v) is 7.24. The number of allylic oxidation sites excluding steroid dienone is 1. The second-order valence-corrected chi connectivity index (χ2v) is 11.0. The quantitative estimate of drug-likeness (QED) is 0.175. The molecule has 8 heteroatoms. The number of hydrogen-bond acceptors (Lipinski definition) is 7. The van der Waals surface area contributed by atoms with Crippen LogP contribution in [0.15, 0.2) is 70.7 Å². The van der Waals surface area contributed by atoms with Crippen molar-refractivity contribution in [3.63, 3.8) is 0 Å². The summed E-state index contributed by atoms with van der Waals surface area (Å²) in [6.07, 6.45) is 1.42. The number of cyclic esters (lactones) is 1. The fourth-order valence-electron chi connectivity index (χ4n) is 4.93. The summed E-state index contributed by atoms with van der Waals surface area (Å²) in [5, 5.41) is 0. The van der Waals surface area contributed by atoms with Gasteiger partial charge in [-0.2, -0.15) is 0 Å². The van der Waals surface area contributed by atoms with E-state index >= 15 is 0 Å². The molecule has 1 fully saturated rings. The zero-order chi connectivity index (χ0) is 27.9. The number of ether oxygens (including phenoxy) is 4. The maximum absolute atomic E-state index is 13.1. The summed E-state index contributed by atoms with van der Waals surface area (Å²) in [6.45, 7) is 7.71. The minimum atomic E-state index is -0.977. The molecule has 0 radical (unpaired) electrons. The molecule has 1 saturated heterocycles. The van der Waals surface area contributed by atoms with Crippen molar-refractivity contribution in [3.8, 4) is 0 Å². The number of halogens is 1. The van der Waals surface area contributed by atoms with Gasteiger partial charge in [0.05, 0.1) is 11.5 Å². The molecule has 5 atom stereocenters. The molecule has 2 aromatic carbocycles. The molecule has 0 saturated carbocycles. The lowest BCUT2D eigenvalue weighted by Gasteiger charge is -2.33. The minimum Gasteiger partial charge on any atom is -0.458 e. The molecule has 0 aliphatic carbocycles. The summed E-state index contributed by atoms with van der Waals surface area (Å²) in [7, 11) is 1.45. The molecule has 0 aromatic heterocycles. The topological polar surface area (TPSA) is 88.1 Å². The number of carbonyl (C=O) groups excluding carboxylic acids is 3. The highest BCUT2D eigenvalue weighted by atomic mass is 79.9. The Morgan fingerprint density at radius 3 is 2.42 bits per heavy atom. The van der Waals surface area contributed by atoms with Crippen LogP contribution in [-0.4, -0.2) is 43.3 Å². The first-order chi connectivity index (χ1) is 18.0. The molecule has 204 valence electrons. The monoisotopic (exact) mass is 586 g/mol. The van der Waals surface area contributed by atoms with Crippen molar-refractivity contribution in [1.82, 2.24) is 0 Å². The van der Waals surface area contributed by atoms with Gasteiger partial charge in [-0.05, 0) is 75.4 Å². The van der Waals surface area contributed by atoms with E-state index in [1.807, 2.05) is 45.0 Å². The lowest BCUT2D eigenvalue weighted by Crippen LogP contribution is -2.43. The van der Waals surface area contributed by atoms with Crippen LogP contribution in [0.1, 0.15) is 62.6 Å². The van der Waals surface area contributed by atoms with E-state index in [-0.39, 0.29) is 18.5 Å². The Labute approximate surface area is 232 Å². The Morgan fingerprint density at radius 1 is 1.13 bits per heavy atom. The molecule has 1 heterocycles. The number of benzene rings is 2. The Balaban J connectivity index is 1.59. The average molecular weight is 588 g/mol. The highest BCUT2D eigenvalue weighted by Crippen LogP contribution is 2.40. The number of methoxy groups -OCH3 is 1. The fourth-order valence-corrected chi connectivity index (χ4v) is 5.19. The highest BCUT2D eigenvalue weighted by molar-refractivity contribution is 9.10. The van der Waals surface area contributed by atoms with E-state index in [2.05, 4.69) is 15.9 Å². The van der Waals surface area contributed by atoms with E-state index in [9.17, 15) is 14.4 Å². The van der Waals surface area contributed by atoms with Crippen LogP contribution in [-0.2, 0) is 28.5 Å².